The van der Waals surface area contributed by atoms with Crippen molar-refractivity contribution >= 4 is 22.6 Å². The first-order valence-electron chi connectivity index (χ1n) is 5.74. The molecule has 0 amide bonds. The fraction of sp³-hybridized carbons (Fsp3) is 0.200. The van der Waals surface area contributed by atoms with E-state index in [0.717, 1.165) is 15.7 Å². The number of ether oxygens (including phenoxy) is 2. The molecule has 2 aromatic carbocycles. The van der Waals surface area contributed by atoms with E-state index in [2.05, 4.69) is 59.0 Å². The van der Waals surface area contributed by atoms with Gasteiger partial charge in [-0.2, -0.15) is 0 Å². The Kier molecular flexibility index (Phi) is 5.01. The van der Waals surface area contributed by atoms with Gasteiger partial charge < -0.3 is 9.47 Å². The average Bonchev–Trinajstić information content (AvgIpc) is 2.39. The number of hydrogen-bond acceptors (Lipinski definition) is 2. The molecule has 0 aromatic heterocycles. The molecule has 2 rings (SSSR count). The zero-order chi connectivity index (χ0) is 12.8. The maximum Gasteiger partial charge on any atom is 0.188 e. The van der Waals surface area contributed by atoms with Gasteiger partial charge in [-0.1, -0.05) is 42.5 Å². The number of halogens is 1. The summed E-state index contributed by atoms with van der Waals surface area (Å²) in [5, 5.41) is 0. The quantitative estimate of drug-likeness (QED) is 0.600. The monoisotopic (exact) mass is 354 g/mol. The summed E-state index contributed by atoms with van der Waals surface area (Å²) in [6.07, 6.45) is 0.872. The first kappa shape index (κ1) is 13.4. The standard InChI is InChI=1S/C15H15IO2/c1-17-11-18-15-13(8-5-9-14(15)16)10-12-6-3-2-4-7-12/h2-9H,10-11H2,1H3. The van der Waals surface area contributed by atoms with E-state index in [1.807, 2.05) is 12.1 Å². The lowest BCUT2D eigenvalue weighted by atomic mass is 10.0. The van der Waals surface area contributed by atoms with E-state index in [4.69, 9.17) is 9.47 Å². The second-order valence-electron chi connectivity index (χ2n) is 3.94. The van der Waals surface area contributed by atoms with Crippen LogP contribution in [-0.4, -0.2) is 13.9 Å². The third kappa shape index (κ3) is 3.46. The van der Waals surface area contributed by atoms with Gasteiger partial charge in [-0.25, -0.2) is 0 Å². The molecule has 0 heterocycles. The van der Waals surface area contributed by atoms with Gasteiger partial charge in [-0.15, -0.1) is 0 Å². The van der Waals surface area contributed by atoms with Crippen LogP contribution in [0.25, 0.3) is 0 Å². The summed E-state index contributed by atoms with van der Waals surface area (Å²) in [6, 6.07) is 16.6. The maximum atomic E-state index is 5.66. The molecule has 18 heavy (non-hydrogen) atoms. The molecule has 0 N–H and O–H groups in total. The van der Waals surface area contributed by atoms with Crippen molar-refractivity contribution in [3.05, 3.63) is 63.2 Å². The highest BCUT2D eigenvalue weighted by atomic mass is 127. The van der Waals surface area contributed by atoms with Gasteiger partial charge in [-0.3, -0.25) is 0 Å². The molecule has 2 nitrogen and oxygen atoms in total. The predicted octanol–water partition coefficient (Wildman–Crippen LogP) is 3.86. The van der Waals surface area contributed by atoms with Crippen LogP contribution in [0, 0.1) is 3.57 Å². The van der Waals surface area contributed by atoms with Gasteiger partial charge in [0.1, 0.15) is 5.75 Å². The number of benzene rings is 2. The molecule has 0 aliphatic carbocycles. The topological polar surface area (TPSA) is 18.5 Å². The van der Waals surface area contributed by atoms with Crippen LogP contribution < -0.4 is 4.74 Å². The third-order valence-electron chi connectivity index (χ3n) is 2.61. The Labute approximate surface area is 121 Å². The molecule has 3 heteroatoms. The number of hydrogen-bond donors (Lipinski definition) is 0. The number of para-hydroxylation sites is 1. The van der Waals surface area contributed by atoms with E-state index in [0.29, 0.717) is 0 Å². The molecule has 0 spiro atoms. The van der Waals surface area contributed by atoms with Crippen LogP contribution in [-0.2, 0) is 11.2 Å². The molecule has 0 bridgehead atoms. The van der Waals surface area contributed by atoms with Crippen molar-refractivity contribution in [2.45, 2.75) is 6.42 Å². The van der Waals surface area contributed by atoms with Crippen molar-refractivity contribution < 1.29 is 9.47 Å². The SMILES string of the molecule is COCOc1c(I)cccc1Cc1ccccc1. The van der Waals surface area contributed by atoms with E-state index in [1.165, 1.54) is 11.1 Å². The molecule has 0 aliphatic rings. The predicted molar refractivity (Wildman–Crippen MR) is 80.9 cm³/mol. The van der Waals surface area contributed by atoms with Crippen molar-refractivity contribution in [1.82, 2.24) is 0 Å². The van der Waals surface area contributed by atoms with Gasteiger partial charge in [0, 0.05) is 13.5 Å². The minimum absolute atomic E-state index is 0.280. The van der Waals surface area contributed by atoms with Crippen molar-refractivity contribution in [3.63, 3.8) is 0 Å². The zero-order valence-electron chi connectivity index (χ0n) is 10.2. The van der Waals surface area contributed by atoms with E-state index < -0.39 is 0 Å². The first-order valence-corrected chi connectivity index (χ1v) is 6.82. The third-order valence-corrected chi connectivity index (χ3v) is 3.46. The number of rotatable bonds is 5. The summed E-state index contributed by atoms with van der Waals surface area (Å²) in [5.41, 5.74) is 2.46. The molecule has 0 atom stereocenters. The molecule has 0 saturated heterocycles. The largest absolute Gasteiger partial charge is 0.466 e. The van der Waals surface area contributed by atoms with Crippen molar-refractivity contribution in [2.24, 2.45) is 0 Å². The minimum Gasteiger partial charge on any atom is -0.466 e. The summed E-state index contributed by atoms with van der Waals surface area (Å²) < 4.78 is 11.7. The Morgan fingerprint density at radius 3 is 2.50 bits per heavy atom. The van der Waals surface area contributed by atoms with Gasteiger partial charge in [-0.05, 0) is 39.8 Å². The Hall–Kier alpha value is -1.07. The Morgan fingerprint density at radius 2 is 1.78 bits per heavy atom. The normalized spacial score (nSPS) is 10.3. The second-order valence-corrected chi connectivity index (χ2v) is 5.10. The minimum atomic E-state index is 0.280. The summed E-state index contributed by atoms with van der Waals surface area (Å²) >= 11 is 2.29. The molecule has 0 aliphatic heterocycles. The molecule has 0 unspecified atom stereocenters. The zero-order valence-corrected chi connectivity index (χ0v) is 12.4. The van der Waals surface area contributed by atoms with Crippen molar-refractivity contribution in [3.8, 4) is 5.75 Å². The Bertz CT molecular complexity index is 497. The molecule has 0 saturated carbocycles. The second kappa shape index (κ2) is 6.75. The number of methoxy groups -OCH3 is 1. The van der Waals surface area contributed by atoms with Crippen LogP contribution in [0.4, 0.5) is 0 Å². The summed E-state index contributed by atoms with van der Waals surface area (Å²) in [5.74, 6) is 0.920. The smallest absolute Gasteiger partial charge is 0.188 e. The van der Waals surface area contributed by atoms with Crippen molar-refractivity contribution in [1.29, 1.82) is 0 Å². The van der Waals surface area contributed by atoms with Crippen LogP contribution >= 0.6 is 22.6 Å². The van der Waals surface area contributed by atoms with E-state index >= 15 is 0 Å². The van der Waals surface area contributed by atoms with E-state index in [9.17, 15) is 0 Å². The maximum absolute atomic E-state index is 5.66. The van der Waals surface area contributed by atoms with Crippen LogP contribution in [0.3, 0.4) is 0 Å². The molecule has 0 fully saturated rings. The van der Waals surface area contributed by atoms with Crippen LogP contribution in [0.2, 0.25) is 0 Å². The van der Waals surface area contributed by atoms with E-state index in [-0.39, 0.29) is 6.79 Å². The summed E-state index contributed by atoms with van der Waals surface area (Å²) in [4.78, 5) is 0. The fourth-order valence-corrected chi connectivity index (χ4v) is 2.50. The highest BCUT2D eigenvalue weighted by molar-refractivity contribution is 14.1. The van der Waals surface area contributed by atoms with Crippen LogP contribution in [0.5, 0.6) is 5.75 Å². The van der Waals surface area contributed by atoms with Gasteiger partial charge in [0.05, 0.1) is 3.57 Å². The Balaban J connectivity index is 2.24. The summed E-state index contributed by atoms with van der Waals surface area (Å²) in [7, 11) is 1.63. The van der Waals surface area contributed by atoms with Gasteiger partial charge >= 0.3 is 0 Å². The van der Waals surface area contributed by atoms with E-state index in [1.54, 1.807) is 7.11 Å². The summed E-state index contributed by atoms with van der Waals surface area (Å²) in [6.45, 7) is 0.280. The average molecular weight is 354 g/mol. The lowest BCUT2D eigenvalue weighted by Crippen LogP contribution is -2.03. The van der Waals surface area contributed by atoms with Crippen LogP contribution in [0.15, 0.2) is 48.5 Å². The van der Waals surface area contributed by atoms with Gasteiger partial charge in [0.25, 0.3) is 0 Å². The Morgan fingerprint density at radius 1 is 1.00 bits per heavy atom. The van der Waals surface area contributed by atoms with Gasteiger partial charge in [0.15, 0.2) is 6.79 Å². The lowest BCUT2D eigenvalue weighted by Gasteiger charge is -2.12. The van der Waals surface area contributed by atoms with Crippen molar-refractivity contribution in [2.75, 3.05) is 13.9 Å². The fourth-order valence-electron chi connectivity index (χ4n) is 1.79. The molecule has 2 aromatic rings. The first-order chi connectivity index (χ1) is 8.81. The molecular weight excluding hydrogens is 339 g/mol. The van der Waals surface area contributed by atoms with Gasteiger partial charge in [0.2, 0.25) is 0 Å². The molecular formula is C15H15IO2. The highest BCUT2D eigenvalue weighted by Crippen LogP contribution is 2.27. The molecule has 94 valence electrons. The lowest BCUT2D eigenvalue weighted by molar-refractivity contribution is 0.0499. The molecule has 0 radical (unpaired) electrons. The van der Waals surface area contributed by atoms with Crippen LogP contribution in [0.1, 0.15) is 11.1 Å². The highest BCUT2D eigenvalue weighted by Gasteiger charge is 2.08.